The molecule has 1 N–H and O–H groups in total. The number of pyridine rings is 3. The van der Waals surface area contributed by atoms with Crippen molar-refractivity contribution >= 4 is 5.82 Å². The predicted octanol–water partition coefficient (Wildman–Crippen LogP) is 5.38. The average Bonchev–Trinajstić information content (AvgIpc) is 2.88. The minimum atomic E-state index is -2.19. The fraction of sp³-hybridized carbons (Fsp3) is 0.160. The molecule has 0 aliphatic heterocycles. The predicted molar refractivity (Wildman–Crippen MR) is 119 cm³/mol. The monoisotopic (exact) mass is 485 g/mol. The first-order valence-corrected chi connectivity index (χ1v) is 10.6. The van der Waals surface area contributed by atoms with Gasteiger partial charge in [-0.3, -0.25) is 14.9 Å². The quantitative estimate of drug-likeness (QED) is 0.196. The first-order chi connectivity index (χ1) is 16.9. The lowest BCUT2D eigenvalue weighted by atomic mass is 10.1. The van der Waals surface area contributed by atoms with Gasteiger partial charge in [-0.05, 0) is 36.4 Å². The Morgan fingerprint density at radius 3 is 1.66 bits per heavy atom. The molecule has 10 heteroatoms. The number of benzene rings is 1. The van der Waals surface area contributed by atoms with Crippen LogP contribution in [0.1, 0.15) is 22.6 Å². The molecule has 0 radical (unpaired) electrons. The molecule has 35 heavy (non-hydrogen) atoms. The number of nitrogens with zero attached hydrogens (tertiary/aromatic N) is 4. The van der Waals surface area contributed by atoms with Crippen molar-refractivity contribution in [2.75, 3.05) is 5.32 Å². The Balaban J connectivity index is 1.50. The highest BCUT2D eigenvalue weighted by molar-refractivity contribution is 5.37. The molecule has 0 amide bonds. The Morgan fingerprint density at radius 2 is 1.11 bits per heavy atom. The molecule has 3 aromatic heterocycles. The van der Waals surface area contributed by atoms with Crippen LogP contribution in [-0.2, 0) is 26.2 Å². The van der Waals surface area contributed by atoms with Crippen molar-refractivity contribution in [3.63, 3.8) is 0 Å². The first-order valence-electron chi connectivity index (χ1n) is 10.6. The minimum absolute atomic E-state index is 0.224. The molecule has 4 aromatic rings. The second-order valence-electron chi connectivity index (χ2n) is 7.70. The van der Waals surface area contributed by atoms with Gasteiger partial charge in [0.25, 0.3) is 0 Å². The maximum absolute atomic E-state index is 14.0. The lowest BCUT2D eigenvalue weighted by Gasteiger charge is -2.21. The fourth-order valence-electron chi connectivity index (χ4n) is 3.49. The number of nitrogens with one attached hydrogen (secondary N) is 1. The van der Waals surface area contributed by atoms with Gasteiger partial charge in [0.15, 0.2) is 23.3 Å². The van der Waals surface area contributed by atoms with Gasteiger partial charge in [-0.15, -0.1) is 0 Å². The summed E-state index contributed by atoms with van der Waals surface area (Å²) in [4.78, 5) is 15.2. The van der Waals surface area contributed by atoms with Crippen LogP contribution in [0.2, 0.25) is 0 Å². The van der Waals surface area contributed by atoms with Crippen LogP contribution in [0.5, 0.6) is 0 Å². The van der Waals surface area contributed by atoms with Crippen molar-refractivity contribution in [2.45, 2.75) is 26.2 Å². The Labute approximate surface area is 198 Å². The van der Waals surface area contributed by atoms with Crippen LogP contribution in [0.25, 0.3) is 0 Å². The molecule has 0 aliphatic rings. The van der Waals surface area contributed by atoms with E-state index < -0.39 is 41.2 Å². The fourth-order valence-corrected chi connectivity index (χ4v) is 3.49. The highest BCUT2D eigenvalue weighted by atomic mass is 19.2. The molecule has 0 aliphatic carbocycles. The lowest BCUT2D eigenvalue weighted by Crippen LogP contribution is -2.24. The molecular weight excluding hydrogens is 465 g/mol. The summed E-state index contributed by atoms with van der Waals surface area (Å²) in [5.41, 5.74) is 1.37. The van der Waals surface area contributed by atoms with Crippen molar-refractivity contribution in [3.05, 3.63) is 119 Å². The third-order valence-corrected chi connectivity index (χ3v) is 5.16. The van der Waals surface area contributed by atoms with Gasteiger partial charge in [0.1, 0.15) is 5.82 Å². The van der Waals surface area contributed by atoms with Crippen LogP contribution in [0.4, 0.5) is 27.8 Å². The van der Waals surface area contributed by atoms with Crippen molar-refractivity contribution in [2.24, 2.45) is 0 Å². The van der Waals surface area contributed by atoms with Crippen LogP contribution in [-0.4, -0.2) is 19.9 Å². The Hall–Kier alpha value is -3.92. The van der Waals surface area contributed by atoms with E-state index in [0.717, 1.165) is 11.4 Å². The Bertz CT molecular complexity index is 1220. The molecule has 4 rings (SSSR count). The van der Waals surface area contributed by atoms with E-state index in [9.17, 15) is 22.0 Å². The van der Waals surface area contributed by atoms with Crippen LogP contribution >= 0.6 is 0 Å². The van der Waals surface area contributed by atoms with E-state index in [0.29, 0.717) is 25.3 Å². The Kier molecular flexibility index (Phi) is 7.61. The van der Waals surface area contributed by atoms with E-state index in [1.54, 1.807) is 24.5 Å². The maximum Gasteiger partial charge on any atom is 0.200 e. The van der Waals surface area contributed by atoms with Gasteiger partial charge in [0.2, 0.25) is 5.82 Å². The normalized spacial score (nSPS) is 11.1. The molecule has 0 spiro atoms. The molecule has 0 saturated carbocycles. The summed E-state index contributed by atoms with van der Waals surface area (Å²) in [5, 5.41) is 2.64. The SMILES string of the molecule is Fc1c(F)c(F)c(CNc2cccc(CN(Cc3ccccn3)Cc3ccccn3)n2)c(F)c1F. The van der Waals surface area contributed by atoms with Gasteiger partial charge in [-0.1, -0.05) is 18.2 Å². The zero-order valence-corrected chi connectivity index (χ0v) is 18.4. The van der Waals surface area contributed by atoms with Crippen LogP contribution in [0.3, 0.4) is 0 Å². The second kappa shape index (κ2) is 11.0. The molecule has 180 valence electrons. The van der Waals surface area contributed by atoms with Crippen molar-refractivity contribution < 1.29 is 22.0 Å². The molecule has 0 unspecified atom stereocenters. The summed E-state index contributed by atoms with van der Waals surface area (Å²) in [6, 6.07) is 16.2. The lowest BCUT2D eigenvalue weighted by molar-refractivity contribution is 0.239. The number of aromatic nitrogens is 3. The summed E-state index contributed by atoms with van der Waals surface area (Å²) in [6.45, 7) is 0.793. The largest absolute Gasteiger partial charge is 0.366 e. The summed E-state index contributed by atoms with van der Waals surface area (Å²) in [6.07, 6.45) is 3.41. The van der Waals surface area contributed by atoms with E-state index in [1.807, 2.05) is 36.4 Å². The molecule has 1 aromatic carbocycles. The molecular formula is C25H20F5N5. The van der Waals surface area contributed by atoms with Gasteiger partial charge >= 0.3 is 0 Å². The van der Waals surface area contributed by atoms with E-state index in [4.69, 9.17) is 0 Å². The van der Waals surface area contributed by atoms with Crippen molar-refractivity contribution in [1.29, 1.82) is 0 Å². The Morgan fingerprint density at radius 1 is 0.600 bits per heavy atom. The van der Waals surface area contributed by atoms with E-state index in [2.05, 4.69) is 25.2 Å². The van der Waals surface area contributed by atoms with Crippen molar-refractivity contribution in [3.8, 4) is 0 Å². The van der Waals surface area contributed by atoms with Crippen LogP contribution in [0, 0.1) is 29.1 Å². The standard InChI is InChI=1S/C25H20F5N5/c26-21-19(22(27)24(29)25(30)23(21)28)12-33-20-9-5-8-18(34-20)15-35(13-16-6-1-3-10-31-16)14-17-7-2-4-11-32-17/h1-11H,12-15H2,(H,33,34). The highest BCUT2D eigenvalue weighted by Gasteiger charge is 2.25. The van der Waals surface area contributed by atoms with Gasteiger partial charge in [0, 0.05) is 44.1 Å². The molecule has 0 atom stereocenters. The van der Waals surface area contributed by atoms with Crippen molar-refractivity contribution in [1.82, 2.24) is 19.9 Å². The average molecular weight is 485 g/mol. The van der Waals surface area contributed by atoms with E-state index >= 15 is 0 Å². The highest BCUT2D eigenvalue weighted by Crippen LogP contribution is 2.24. The van der Waals surface area contributed by atoms with Gasteiger partial charge in [0.05, 0.1) is 17.1 Å². The van der Waals surface area contributed by atoms with Crippen LogP contribution in [0.15, 0.2) is 67.0 Å². The minimum Gasteiger partial charge on any atom is -0.366 e. The molecule has 0 fully saturated rings. The summed E-state index contributed by atoms with van der Waals surface area (Å²) < 4.78 is 68.2. The summed E-state index contributed by atoms with van der Waals surface area (Å²) in [5.74, 6) is -9.68. The third-order valence-electron chi connectivity index (χ3n) is 5.16. The van der Waals surface area contributed by atoms with Gasteiger partial charge < -0.3 is 5.32 Å². The number of hydrogen-bond donors (Lipinski definition) is 1. The zero-order chi connectivity index (χ0) is 24.8. The molecule has 0 saturated heterocycles. The van der Waals surface area contributed by atoms with Gasteiger partial charge in [-0.2, -0.15) is 0 Å². The molecule has 5 nitrogen and oxygen atoms in total. The first kappa shape index (κ1) is 24.2. The number of anilines is 1. The summed E-state index contributed by atoms with van der Waals surface area (Å²) in [7, 11) is 0. The van der Waals surface area contributed by atoms with E-state index in [-0.39, 0.29) is 5.82 Å². The molecule has 0 bridgehead atoms. The van der Waals surface area contributed by atoms with E-state index in [1.165, 1.54) is 6.07 Å². The van der Waals surface area contributed by atoms with Gasteiger partial charge in [-0.25, -0.2) is 26.9 Å². The summed E-state index contributed by atoms with van der Waals surface area (Å²) >= 11 is 0. The third kappa shape index (κ3) is 5.96. The number of hydrogen-bond acceptors (Lipinski definition) is 5. The second-order valence-corrected chi connectivity index (χ2v) is 7.70. The topological polar surface area (TPSA) is 53.9 Å². The molecule has 3 heterocycles. The zero-order valence-electron chi connectivity index (χ0n) is 18.4. The smallest absolute Gasteiger partial charge is 0.200 e. The number of halogens is 5. The number of rotatable bonds is 9. The maximum atomic E-state index is 14.0. The van der Waals surface area contributed by atoms with Crippen LogP contribution < -0.4 is 5.32 Å².